The number of thioether (sulfide) groups is 1. The summed E-state index contributed by atoms with van der Waals surface area (Å²) in [6.45, 7) is 1.82. The van der Waals surface area contributed by atoms with Crippen LogP contribution in [0.3, 0.4) is 0 Å². The molecule has 9 heteroatoms. The Bertz CT molecular complexity index is 732. The van der Waals surface area contributed by atoms with Gasteiger partial charge in [0.25, 0.3) is 0 Å². The Kier molecular flexibility index (Phi) is 4.89. The van der Waals surface area contributed by atoms with E-state index in [2.05, 4.69) is 20.8 Å². The molecule has 1 saturated carbocycles. The molecule has 0 radical (unpaired) electrons. The minimum absolute atomic E-state index is 0.156. The van der Waals surface area contributed by atoms with E-state index in [0.717, 1.165) is 12.8 Å². The van der Waals surface area contributed by atoms with Crippen molar-refractivity contribution in [2.45, 2.75) is 36.2 Å². The lowest BCUT2D eigenvalue weighted by Crippen LogP contribution is -2.23. The Morgan fingerprint density at radius 3 is 2.83 bits per heavy atom. The van der Waals surface area contributed by atoms with Crippen molar-refractivity contribution >= 4 is 23.4 Å². The molecule has 0 unspecified atom stereocenters. The van der Waals surface area contributed by atoms with Crippen LogP contribution >= 0.6 is 11.8 Å². The van der Waals surface area contributed by atoms with Crippen LogP contribution in [0, 0.1) is 0 Å². The molecular formula is C15H19N5O3S. The van der Waals surface area contributed by atoms with Crippen LogP contribution in [-0.4, -0.2) is 45.6 Å². The maximum absolute atomic E-state index is 12.5. The van der Waals surface area contributed by atoms with E-state index in [9.17, 15) is 4.79 Å². The number of anilines is 1. The van der Waals surface area contributed by atoms with Crippen LogP contribution in [0.4, 0.5) is 5.69 Å². The molecular weight excluding hydrogens is 330 g/mol. The fraction of sp³-hybridized carbons (Fsp3) is 0.467. The van der Waals surface area contributed by atoms with Gasteiger partial charge in [0, 0.05) is 6.07 Å². The summed E-state index contributed by atoms with van der Waals surface area (Å²) in [6, 6.07) is 5.62. The Labute approximate surface area is 143 Å². The fourth-order valence-electron chi connectivity index (χ4n) is 2.17. The van der Waals surface area contributed by atoms with Gasteiger partial charge in [0.1, 0.15) is 11.5 Å². The van der Waals surface area contributed by atoms with Crippen LogP contribution in [0.5, 0.6) is 11.5 Å². The van der Waals surface area contributed by atoms with Crippen molar-refractivity contribution in [1.29, 1.82) is 0 Å². The van der Waals surface area contributed by atoms with Gasteiger partial charge in [0.05, 0.1) is 31.2 Å². The van der Waals surface area contributed by atoms with Gasteiger partial charge in [0.2, 0.25) is 11.1 Å². The topological polar surface area (TPSA) is 91.2 Å². The van der Waals surface area contributed by atoms with Gasteiger partial charge in [-0.05, 0) is 42.3 Å². The van der Waals surface area contributed by atoms with E-state index in [1.165, 1.54) is 11.8 Å². The van der Waals surface area contributed by atoms with Gasteiger partial charge in [-0.15, -0.1) is 5.10 Å². The zero-order valence-electron chi connectivity index (χ0n) is 13.7. The number of methoxy groups -OCH3 is 2. The molecule has 1 aliphatic carbocycles. The van der Waals surface area contributed by atoms with Gasteiger partial charge < -0.3 is 14.8 Å². The second-order valence-corrected chi connectivity index (χ2v) is 6.76. The summed E-state index contributed by atoms with van der Waals surface area (Å²) < 4.78 is 12.3. The predicted molar refractivity (Wildman–Crippen MR) is 89.6 cm³/mol. The lowest BCUT2D eigenvalue weighted by molar-refractivity contribution is -0.115. The molecule has 1 aromatic heterocycles. The van der Waals surface area contributed by atoms with Gasteiger partial charge in [-0.1, -0.05) is 11.8 Å². The summed E-state index contributed by atoms with van der Waals surface area (Å²) in [7, 11) is 3.13. The lowest BCUT2D eigenvalue weighted by atomic mass is 10.2. The van der Waals surface area contributed by atoms with Gasteiger partial charge >= 0.3 is 0 Å². The molecule has 1 N–H and O–H groups in total. The smallest absolute Gasteiger partial charge is 0.237 e. The number of hydrogen-bond acceptors (Lipinski definition) is 7. The highest BCUT2D eigenvalue weighted by Crippen LogP contribution is 2.37. The molecule has 3 rings (SSSR count). The van der Waals surface area contributed by atoms with E-state index in [-0.39, 0.29) is 11.2 Å². The third kappa shape index (κ3) is 3.61. The summed E-state index contributed by atoms with van der Waals surface area (Å²) in [5.41, 5.74) is 0.566. The predicted octanol–water partition coefficient (Wildman–Crippen LogP) is 2.14. The number of carbonyl (C=O) groups excluding carboxylic acids is 1. The molecule has 0 saturated heterocycles. The molecule has 1 fully saturated rings. The van der Waals surface area contributed by atoms with Crippen molar-refractivity contribution in [1.82, 2.24) is 20.2 Å². The molecule has 1 atom stereocenters. The standard InChI is InChI=1S/C15H19N5O3S/c1-9(24-15-17-18-19-20(15)10-4-5-10)14(21)16-12-8-11(22-2)6-7-13(12)23-3/h6-10H,4-5H2,1-3H3,(H,16,21)/t9-/m1/s1. The number of hydrogen-bond donors (Lipinski definition) is 1. The van der Waals surface area contributed by atoms with Crippen LogP contribution in [0.15, 0.2) is 23.4 Å². The number of ether oxygens (including phenoxy) is 2. The third-order valence-electron chi connectivity index (χ3n) is 3.67. The molecule has 128 valence electrons. The monoisotopic (exact) mass is 349 g/mol. The van der Waals surface area contributed by atoms with E-state index < -0.39 is 0 Å². The first-order valence-corrected chi connectivity index (χ1v) is 8.47. The average Bonchev–Trinajstić information content (AvgIpc) is 3.34. The van der Waals surface area contributed by atoms with Crippen molar-refractivity contribution in [3.63, 3.8) is 0 Å². The first kappa shape index (κ1) is 16.6. The van der Waals surface area contributed by atoms with E-state index >= 15 is 0 Å². The highest BCUT2D eigenvalue weighted by Gasteiger charge is 2.29. The maximum Gasteiger partial charge on any atom is 0.237 e. The van der Waals surface area contributed by atoms with Gasteiger partial charge in [-0.25, -0.2) is 4.68 Å². The summed E-state index contributed by atoms with van der Waals surface area (Å²) >= 11 is 1.34. The normalized spacial score (nSPS) is 15.0. The quantitative estimate of drug-likeness (QED) is 0.766. The van der Waals surface area contributed by atoms with Crippen LogP contribution < -0.4 is 14.8 Å². The van der Waals surface area contributed by atoms with Crippen molar-refractivity contribution in [3.05, 3.63) is 18.2 Å². The molecule has 0 aliphatic heterocycles. The number of benzene rings is 1. The minimum Gasteiger partial charge on any atom is -0.497 e. The van der Waals surface area contributed by atoms with Crippen LogP contribution in [0.2, 0.25) is 0 Å². The van der Waals surface area contributed by atoms with Gasteiger partial charge in [-0.2, -0.15) is 0 Å². The van der Waals surface area contributed by atoms with E-state index in [1.54, 1.807) is 37.1 Å². The molecule has 1 aromatic carbocycles. The number of rotatable bonds is 7. The lowest BCUT2D eigenvalue weighted by Gasteiger charge is -2.14. The SMILES string of the molecule is COc1ccc(OC)c(NC(=O)[C@@H](C)Sc2nnnn2C2CC2)c1. The van der Waals surface area contributed by atoms with Gasteiger partial charge in [0.15, 0.2) is 0 Å². The maximum atomic E-state index is 12.5. The number of amides is 1. The average molecular weight is 349 g/mol. The van der Waals surface area contributed by atoms with E-state index in [4.69, 9.17) is 9.47 Å². The Balaban J connectivity index is 1.68. The summed E-state index contributed by atoms with van der Waals surface area (Å²) in [4.78, 5) is 12.5. The van der Waals surface area contributed by atoms with Crippen LogP contribution in [-0.2, 0) is 4.79 Å². The zero-order chi connectivity index (χ0) is 17.1. The highest BCUT2D eigenvalue weighted by molar-refractivity contribution is 8.00. The molecule has 1 heterocycles. The Morgan fingerprint density at radius 1 is 1.38 bits per heavy atom. The second kappa shape index (κ2) is 7.08. The van der Waals surface area contributed by atoms with Crippen molar-refractivity contribution < 1.29 is 14.3 Å². The first-order chi connectivity index (χ1) is 11.6. The molecule has 24 heavy (non-hydrogen) atoms. The van der Waals surface area contributed by atoms with E-state index in [1.807, 2.05) is 6.92 Å². The molecule has 1 amide bonds. The fourth-order valence-corrected chi connectivity index (χ4v) is 3.03. The number of nitrogens with zero attached hydrogens (tertiary/aromatic N) is 4. The number of tetrazole rings is 1. The van der Waals surface area contributed by atoms with E-state index in [0.29, 0.717) is 28.4 Å². The highest BCUT2D eigenvalue weighted by atomic mass is 32.2. The molecule has 0 spiro atoms. The van der Waals surface area contributed by atoms with Gasteiger partial charge in [-0.3, -0.25) is 4.79 Å². The first-order valence-electron chi connectivity index (χ1n) is 7.59. The summed E-state index contributed by atoms with van der Waals surface area (Å²) in [5, 5.41) is 14.9. The van der Waals surface area contributed by atoms with Crippen molar-refractivity contribution in [2.75, 3.05) is 19.5 Å². The number of aromatic nitrogens is 4. The largest absolute Gasteiger partial charge is 0.497 e. The molecule has 2 aromatic rings. The van der Waals surface area contributed by atoms with Crippen molar-refractivity contribution in [2.24, 2.45) is 0 Å². The van der Waals surface area contributed by atoms with Crippen LogP contribution in [0.1, 0.15) is 25.8 Å². The summed E-state index contributed by atoms with van der Waals surface area (Å²) in [6.07, 6.45) is 2.17. The Hall–Kier alpha value is -2.29. The summed E-state index contributed by atoms with van der Waals surface area (Å²) in [5.74, 6) is 1.06. The third-order valence-corrected chi connectivity index (χ3v) is 4.72. The number of nitrogens with one attached hydrogen (secondary N) is 1. The Morgan fingerprint density at radius 2 is 2.17 bits per heavy atom. The van der Waals surface area contributed by atoms with Crippen molar-refractivity contribution in [3.8, 4) is 11.5 Å². The van der Waals surface area contributed by atoms with Crippen LogP contribution in [0.25, 0.3) is 0 Å². The second-order valence-electron chi connectivity index (χ2n) is 5.45. The number of carbonyl (C=O) groups is 1. The minimum atomic E-state index is -0.357. The molecule has 8 nitrogen and oxygen atoms in total. The molecule has 0 bridgehead atoms. The molecule has 1 aliphatic rings. The zero-order valence-corrected chi connectivity index (χ0v) is 14.5.